The highest BCUT2D eigenvalue weighted by molar-refractivity contribution is 6.04. The van der Waals surface area contributed by atoms with Gasteiger partial charge in [0, 0.05) is 44.6 Å². The molecule has 0 radical (unpaired) electrons. The van der Waals surface area contributed by atoms with Gasteiger partial charge >= 0.3 is 0 Å². The SMILES string of the molecule is Cc1cc(NC(=O)c2cncc(NCCN3CCOCC3)c2)no1. The minimum atomic E-state index is -0.271. The number of anilines is 2. The van der Waals surface area contributed by atoms with Gasteiger partial charge in [0.2, 0.25) is 0 Å². The number of amides is 1. The largest absolute Gasteiger partial charge is 0.382 e. The predicted molar refractivity (Wildman–Crippen MR) is 89.2 cm³/mol. The van der Waals surface area contributed by atoms with Gasteiger partial charge in [-0.05, 0) is 13.0 Å². The maximum absolute atomic E-state index is 12.2. The van der Waals surface area contributed by atoms with E-state index in [1.807, 2.05) is 0 Å². The van der Waals surface area contributed by atoms with E-state index in [-0.39, 0.29) is 5.91 Å². The number of rotatable bonds is 6. The van der Waals surface area contributed by atoms with Crippen LogP contribution in [0.1, 0.15) is 16.1 Å². The first kappa shape index (κ1) is 16.4. The van der Waals surface area contributed by atoms with Gasteiger partial charge < -0.3 is 19.9 Å². The Labute approximate surface area is 140 Å². The molecule has 3 rings (SSSR count). The Morgan fingerprint density at radius 2 is 2.12 bits per heavy atom. The molecule has 0 bridgehead atoms. The molecule has 0 aromatic carbocycles. The monoisotopic (exact) mass is 331 g/mol. The van der Waals surface area contributed by atoms with Crippen molar-refractivity contribution in [1.82, 2.24) is 15.0 Å². The summed E-state index contributed by atoms with van der Waals surface area (Å²) in [6.45, 7) is 6.98. The average molecular weight is 331 g/mol. The van der Waals surface area contributed by atoms with E-state index in [9.17, 15) is 4.79 Å². The van der Waals surface area contributed by atoms with Crippen LogP contribution in [0.4, 0.5) is 11.5 Å². The fourth-order valence-electron chi connectivity index (χ4n) is 2.46. The topological polar surface area (TPSA) is 92.5 Å². The second kappa shape index (κ2) is 7.89. The van der Waals surface area contributed by atoms with E-state index in [1.165, 1.54) is 6.20 Å². The number of ether oxygens (including phenoxy) is 1. The highest BCUT2D eigenvalue weighted by atomic mass is 16.5. The molecule has 1 amide bonds. The standard InChI is InChI=1S/C16H21N5O3/c1-12-8-15(20-24-12)19-16(22)13-9-14(11-17-10-13)18-2-3-21-4-6-23-7-5-21/h8-11,18H,2-7H2,1H3,(H,19,20,22). The summed E-state index contributed by atoms with van der Waals surface area (Å²) in [5.41, 5.74) is 1.28. The van der Waals surface area contributed by atoms with Crippen molar-refractivity contribution < 1.29 is 14.1 Å². The lowest BCUT2D eigenvalue weighted by molar-refractivity contribution is 0.0398. The Bertz CT molecular complexity index is 682. The first-order valence-electron chi connectivity index (χ1n) is 7.94. The number of morpholine rings is 1. The number of hydrogen-bond acceptors (Lipinski definition) is 7. The number of carbonyl (C=O) groups excluding carboxylic acids is 1. The van der Waals surface area contributed by atoms with Crippen molar-refractivity contribution in [2.45, 2.75) is 6.92 Å². The van der Waals surface area contributed by atoms with Crippen LogP contribution >= 0.6 is 0 Å². The average Bonchev–Trinajstić information content (AvgIpc) is 3.01. The maximum Gasteiger partial charge on any atom is 0.258 e. The van der Waals surface area contributed by atoms with Crippen LogP contribution < -0.4 is 10.6 Å². The summed E-state index contributed by atoms with van der Waals surface area (Å²) in [6.07, 6.45) is 3.23. The molecule has 0 atom stereocenters. The number of nitrogens with zero attached hydrogens (tertiary/aromatic N) is 3. The minimum Gasteiger partial charge on any atom is -0.382 e. The number of pyridine rings is 1. The zero-order valence-corrected chi connectivity index (χ0v) is 13.6. The Morgan fingerprint density at radius 3 is 2.88 bits per heavy atom. The third kappa shape index (κ3) is 4.53. The molecule has 24 heavy (non-hydrogen) atoms. The third-order valence-electron chi connectivity index (χ3n) is 3.73. The highest BCUT2D eigenvalue weighted by Crippen LogP contribution is 2.12. The number of aromatic nitrogens is 2. The Morgan fingerprint density at radius 1 is 1.29 bits per heavy atom. The number of hydrogen-bond donors (Lipinski definition) is 2. The van der Waals surface area contributed by atoms with Gasteiger partial charge in [-0.25, -0.2) is 0 Å². The summed E-state index contributed by atoms with van der Waals surface area (Å²) in [4.78, 5) is 18.7. The Balaban J connectivity index is 1.52. The lowest BCUT2D eigenvalue weighted by Gasteiger charge is -2.26. The Hall–Kier alpha value is -2.45. The molecular formula is C16H21N5O3. The van der Waals surface area contributed by atoms with Crippen LogP contribution in [-0.4, -0.2) is 60.3 Å². The molecule has 2 aromatic rings. The minimum absolute atomic E-state index is 0.271. The molecule has 1 aliphatic heterocycles. The van der Waals surface area contributed by atoms with E-state index < -0.39 is 0 Å². The van der Waals surface area contributed by atoms with Crippen molar-refractivity contribution >= 4 is 17.4 Å². The van der Waals surface area contributed by atoms with E-state index in [1.54, 1.807) is 25.3 Å². The summed E-state index contributed by atoms with van der Waals surface area (Å²) >= 11 is 0. The van der Waals surface area contributed by atoms with Crippen LogP contribution in [-0.2, 0) is 4.74 Å². The van der Waals surface area contributed by atoms with Gasteiger partial charge in [0.1, 0.15) is 5.76 Å². The number of nitrogens with one attached hydrogen (secondary N) is 2. The van der Waals surface area contributed by atoms with Gasteiger partial charge in [-0.2, -0.15) is 0 Å². The fourth-order valence-corrected chi connectivity index (χ4v) is 2.46. The number of carbonyl (C=O) groups is 1. The molecule has 128 valence electrons. The lowest BCUT2D eigenvalue weighted by atomic mass is 10.2. The summed E-state index contributed by atoms with van der Waals surface area (Å²) in [5.74, 6) is 0.762. The van der Waals surface area contributed by atoms with E-state index >= 15 is 0 Å². The molecule has 0 aliphatic carbocycles. The van der Waals surface area contributed by atoms with Crippen molar-refractivity contribution in [3.05, 3.63) is 35.9 Å². The summed E-state index contributed by atoms with van der Waals surface area (Å²) in [7, 11) is 0. The molecule has 1 fully saturated rings. The summed E-state index contributed by atoms with van der Waals surface area (Å²) < 4.78 is 10.3. The van der Waals surface area contributed by atoms with Gasteiger partial charge in [0.05, 0.1) is 24.5 Å². The van der Waals surface area contributed by atoms with Gasteiger partial charge in [0.15, 0.2) is 5.82 Å². The molecule has 8 nitrogen and oxygen atoms in total. The normalized spacial score (nSPS) is 15.2. The second-order valence-corrected chi connectivity index (χ2v) is 5.62. The summed E-state index contributed by atoms with van der Waals surface area (Å²) in [6, 6.07) is 3.43. The van der Waals surface area contributed by atoms with E-state index in [0.717, 1.165) is 45.1 Å². The van der Waals surface area contributed by atoms with Gasteiger partial charge in [0.25, 0.3) is 5.91 Å². The first-order valence-corrected chi connectivity index (χ1v) is 7.94. The molecule has 1 saturated heterocycles. The molecule has 2 N–H and O–H groups in total. The van der Waals surface area contributed by atoms with Crippen LogP contribution in [0, 0.1) is 6.92 Å². The van der Waals surface area contributed by atoms with Crippen LogP contribution in [0.2, 0.25) is 0 Å². The van der Waals surface area contributed by atoms with Crippen LogP contribution in [0.15, 0.2) is 29.0 Å². The molecule has 2 aromatic heterocycles. The van der Waals surface area contributed by atoms with Crippen molar-refractivity contribution in [3.8, 4) is 0 Å². The molecule has 3 heterocycles. The zero-order valence-electron chi connectivity index (χ0n) is 13.6. The lowest BCUT2D eigenvalue weighted by Crippen LogP contribution is -2.39. The van der Waals surface area contributed by atoms with Crippen molar-refractivity contribution in [1.29, 1.82) is 0 Å². The smallest absolute Gasteiger partial charge is 0.258 e. The molecule has 0 unspecified atom stereocenters. The van der Waals surface area contributed by atoms with Crippen LogP contribution in [0.25, 0.3) is 0 Å². The maximum atomic E-state index is 12.2. The molecule has 0 saturated carbocycles. The van der Waals surface area contributed by atoms with Crippen LogP contribution in [0.3, 0.4) is 0 Å². The molecule has 1 aliphatic rings. The van der Waals surface area contributed by atoms with Gasteiger partial charge in [-0.3, -0.25) is 14.7 Å². The number of aryl methyl sites for hydroxylation is 1. The predicted octanol–water partition coefficient (Wildman–Crippen LogP) is 1.37. The van der Waals surface area contributed by atoms with Crippen molar-refractivity contribution in [2.24, 2.45) is 0 Å². The summed E-state index contributed by atoms with van der Waals surface area (Å²) in [5, 5.41) is 9.72. The van der Waals surface area contributed by atoms with Crippen molar-refractivity contribution in [3.63, 3.8) is 0 Å². The molecule has 0 spiro atoms. The fraction of sp³-hybridized carbons (Fsp3) is 0.438. The van der Waals surface area contributed by atoms with Gasteiger partial charge in [-0.1, -0.05) is 5.16 Å². The van der Waals surface area contributed by atoms with E-state index in [4.69, 9.17) is 9.26 Å². The Kier molecular flexibility index (Phi) is 5.39. The molecular weight excluding hydrogens is 310 g/mol. The highest BCUT2D eigenvalue weighted by Gasteiger charge is 2.11. The van der Waals surface area contributed by atoms with E-state index in [0.29, 0.717) is 17.1 Å². The first-order chi connectivity index (χ1) is 11.7. The molecule has 8 heteroatoms. The van der Waals surface area contributed by atoms with Gasteiger partial charge in [-0.15, -0.1) is 0 Å². The second-order valence-electron chi connectivity index (χ2n) is 5.62. The zero-order chi connectivity index (χ0) is 16.8. The van der Waals surface area contributed by atoms with E-state index in [2.05, 4.69) is 25.7 Å². The van der Waals surface area contributed by atoms with Crippen molar-refractivity contribution in [2.75, 3.05) is 50.0 Å². The van der Waals surface area contributed by atoms with Crippen LogP contribution in [0.5, 0.6) is 0 Å². The quantitative estimate of drug-likeness (QED) is 0.826. The third-order valence-corrected chi connectivity index (χ3v) is 3.73.